The molecule has 1 aromatic heterocycles. The molecule has 4 aromatic rings. The average Bonchev–Trinajstić information content (AvgIpc) is 3.19. The predicted octanol–water partition coefficient (Wildman–Crippen LogP) is 5.60. The van der Waals surface area contributed by atoms with Gasteiger partial charge in [0.25, 0.3) is 5.91 Å². The van der Waals surface area contributed by atoms with Crippen molar-refractivity contribution in [2.45, 2.75) is 39.2 Å². The van der Waals surface area contributed by atoms with Gasteiger partial charge in [-0.3, -0.25) is 9.69 Å². The van der Waals surface area contributed by atoms with E-state index >= 15 is 0 Å². The fourth-order valence-electron chi connectivity index (χ4n) is 5.31. The number of para-hydroxylation sites is 1. The van der Waals surface area contributed by atoms with E-state index in [1.54, 1.807) is 6.07 Å². The van der Waals surface area contributed by atoms with Crippen LogP contribution in [0.5, 0.6) is 5.75 Å². The molecule has 5 nitrogen and oxygen atoms in total. The normalized spacial score (nSPS) is 14.3. The number of hydrogen-bond acceptors (Lipinski definition) is 3. The second-order valence-electron chi connectivity index (χ2n) is 9.42. The number of carbonyl (C=O) groups excluding carboxylic acids is 1. The van der Waals surface area contributed by atoms with Crippen molar-refractivity contribution in [3.05, 3.63) is 95.2 Å². The molecule has 5 rings (SSSR count). The molecule has 0 saturated carbocycles. The number of benzene rings is 3. The second-order valence-corrected chi connectivity index (χ2v) is 9.42. The van der Waals surface area contributed by atoms with Gasteiger partial charge in [0.2, 0.25) is 0 Å². The van der Waals surface area contributed by atoms with E-state index in [1.807, 2.05) is 49.4 Å². The topological polar surface area (TPSA) is 57.5 Å². The van der Waals surface area contributed by atoms with Crippen molar-refractivity contribution in [2.24, 2.45) is 0 Å². The number of aromatic hydroxyl groups is 1. The van der Waals surface area contributed by atoms with Crippen molar-refractivity contribution in [3.63, 3.8) is 0 Å². The Labute approximate surface area is 207 Å². The van der Waals surface area contributed by atoms with Gasteiger partial charge in [0.1, 0.15) is 5.75 Å². The smallest absolute Gasteiger partial charge is 0.253 e. The summed E-state index contributed by atoms with van der Waals surface area (Å²) in [6, 6.07) is 24.0. The fourth-order valence-corrected chi connectivity index (χ4v) is 5.31. The summed E-state index contributed by atoms with van der Waals surface area (Å²) in [5.41, 5.74) is 5.53. The Morgan fingerprint density at radius 2 is 1.60 bits per heavy atom. The molecule has 1 fully saturated rings. The van der Waals surface area contributed by atoms with Crippen LogP contribution in [0.3, 0.4) is 0 Å². The number of phenols is 1. The third-order valence-electron chi connectivity index (χ3n) is 7.07. The molecule has 0 radical (unpaired) electrons. The SMILES string of the molecule is Cc1c(C(=O)NCCc2ccccc2)c2c(CN3CCCCC3)c(O)ccc2n1-c1ccccc1. The first-order chi connectivity index (χ1) is 17.1. The predicted molar refractivity (Wildman–Crippen MR) is 141 cm³/mol. The van der Waals surface area contributed by atoms with E-state index in [0.717, 1.165) is 47.4 Å². The lowest BCUT2D eigenvalue weighted by Gasteiger charge is -2.27. The maximum atomic E-state index is 13.7. The summed E-state index contributed by atoms with van der Waals surface area (Å²) in [6.45, 7) is 5.24. The van der Waals surface area contributed by atoms with Gasteiger partial charge < -0.3 is 15.0 Å². The first-order valence-corrected chi connectivity index (χ1v) is 12.6. The van der Waals surface area contributed by atoms with Crippen molar-refractivity contribution in [1.29, 1.82) is 0 Å². The standard InChI is InChI=1S/C30H33N3O2/c1-22-28(30(35)31-18-17-23-11-5-2-6-12-23)29-25(21-32-19-9-4-10-20-32)27(34)16-15-26(29)33(22)24-13-7-3-8-14-24/h2-3,5-8,11-16,34H,4,9-10,17-21H2,1H3,(H,31,35). The summed E-state index contributed by atoms with van der Waals surface area (Å²) in [5, 5.41) is 15.0. The number of amides is 1. The lowest BCUT2D eigenvalue weighted by atomic mass is 10.0. The third-order valence-corrected chi connectivity index (χ3v) is 7.07. The maximum Gasteiger partial charge on any atom is 0.253 e. The molecule has 5 heteroatoms. The van der Waals surface area contributed by atoms with Crippen LogP contribution in [0.25, 0.3) is 16.6 Å². The van der Waals surface area contributed by atoms with Crippen LogP contribution in [0.1, 0.15) is 46.4 Å². The number of nitrogens with one attached hydrogen (secondary N) is 1. The zero-order chi connectivity index (χ0) is 24.2. The molecule has 0 unspecified atom stereocenters. The Balaban J connectivity index is 1.57. The molecule has 1 aliphatic heterocycles. The summed E-state index contributed by atoms with van der Waals surface area (Å²) in [7, 11) is 0. The second kappa shape index (κ2) is 10.4. The van der Waals surface area contributed by atoms with E-state index in [9.17, 15) is 9.90 Å². The Morgan fingerprint density at radius 1 is 0.914 bits per heavy atom. The Bertz CT molecular complexity index is 1310. The van der Waals surface area contributed by atoms with Gasteiger partial charge >= 0.3 is 0 Å². The highest BCUT2D eigenvalue weighted by Crippen LogP contribution is 2.37. The molecule has 0 bridgehead atoms. The third kappa shape index (κ3) is 4.82. The summed E-state index contributed by atoms with van der Waals surface area (Å²) < 4.78 is 2.14. The van der Waals surface area contributed by atoms with Crippen LogP contribution in [0.2, 0.25) is 0 Å². The molecule has 35 heavy (non-hydrogen) atoms. The number of aromatic nitrogens is 1. The molecular formula is C30H33N3O2. The molecule has 0 aliphatic carbocycles. The number of rotatable bonds is 7. The number of likely N-dealkylation sites (tertiary alicyclic amines) is 1. The number of phenolic OH excluding ortho intramolecular Hbond substituents is 1. The van der Waals surface area contributed by atoms with Gasteiger partial charge in [0, 0.05) is 35.4 Å². The van der Waals surface area contributed by atoms with E-state index in [1.165, 1.54) is 24.8 Å². The van der Waals surface area contributed by atoms with E-state index in [2.05, 4.69) is 39.0 Å². The highest BCUT2D eigenvalue weighted by Gasteiger charge is 2.26. The summed E-state index contributed by atoms with van der Waals surface area (Å²) in [5.74, 6) is 0.162. The first kappa shape index (κ1) is 23.2. The largest absolute Gasteiger partial charge is 0.508 e. The lowest BCUT2D eigenvalue weighted by molar-refractivity contribution is 0.0955. The molecule has 3 aromatic carbocycles. The van der Waals surface area contributed by atoms with Crippen LogP contribution in [0.4, 0.5) is 0 Å². The monoisotopic (exact) mass is 467 g/mol. The number of hydrogen-bond donors (Lipinski definition) is 2. The Kier molecular flexibility index (Phi) is 6.87. The fraction of sp³-hybridized carbons (Fsp3) is 0.300. The quantitative estimate of drug-likeness (QED) is 0.372. The number of fused-ring (bicyclic) bond motifs is 1. The van der Waals surface area contributed by atoms with Gasteiger partial charge in [-0.05, 0) is 69.1 Å². The van der Waals surface area contributed by atoms with Gasteiger partial charge in [0.05, 0.1) is 11.1 Å². The van der Waals surface area contributed by atoms with E-state index in [-0.39, 0.29) is 11.7 Å². The molecule has 1 aliphatic rings. The minimum atomic E-state index is -0.0939. The van der Waals surface area contributed by atoms with Crippen molar-refractivity contribution in [3.8, 4) is 11.4 Å². The summed E-state index contributed by atoms with van der Waals surface area (Å²) >= 11 is 0. The van der Waals surface area contributed by atoms with Gasteiger partial charge in [-0.25, -0.2) is 0 Å². The van der Waals surface area contributed by atoms with Crippen LogP contribution in [0.15, 0.2) is 72.8 Å². The van der Waals surface area contributed by atoms with Crippen molar-refractivity contribution in [2.75, 3.05) is 19.6 Å². The zero-order valence-electron chi connectivity index (χ0n) is 20.3. The maximum absolute atomic E-state index is 13.7. The van der Waals surface area contributed by atoms with Crippen molar-refractivity contribution < 1.29 is 9.90 Å². The Hall–Kier alpha value is -3.57. The minimum Gasteiger partial charge on any atom is -0.508 e. The molecule has 0 atom stereocenters. The summed E-state index contributed by atoms with van der Waals surface area (Å²) in [4.78, 5) is 16.0. The molecule has 1 saturated heterocycles. The van der Waals surface area contributed by atoms with Crippen LogP contribution in [0, 0.1) is 6.92 Å². The van der Waals surface area contributed by atoms with Crippen LogP contribution >= 0.6 is 0 Å². The van der Waals surface area contributed by atoms with Gasteiger partial charge in [0.15, 0.2) is 0 Å². The highest BCUT2D eigenvalue weighted by atomic mass is 16.3. The van der Waals surface area contributed by atoms with E-state index < -0.39 is 0 Å². The lowest BCUT2D eigenvalue weighted by Crippen LogP contribution is -2.29. The molecule has 0 spiro atoms. The minimum absolute atomic E-state index is 0.0939. The Morgan fingerprint density at radius 3 is 2.31 bits per heavy atom. The molecular weight excluding hydrogens is 434 g/mol. The number of nitrogens with zero attached hydrogens (tertiary/aromatic N) is 2. The molecule has 1 amide bonds. The van der Waals surface area contributed by atoms with Gasteiger partial charge in [-0.15, -0.1) is 0 Å². The van der Waals surface area contributed by atoms with E-state index in [4.69, 9.17) is 0 Å². The first-order valence-electron chi connectivity index (χ1n) is 12.6. The number of carbonyl (C=O) groups is 1. The average molecular weight is 468 g/mol. The van der Waals surface area contributed by atoms with Crippen LogP contribution in [-0.2, 0) is 13.0 Å². The molecule has 2 N–H and O–H groups in total. The highest BCUT2D eigenvalue weighted by molar-refractivity contribution is 6.10. The molecule has 180 valence electrons. The zero-order valence-corrected chi connectivity index (χ0v) is 20.3. The van der Waals surface area contributed by atoms with Crippen LogP contribution < -0.4 is 5.32 Å². The van der Waals surface area contributed by atoms with Gasteiger partial charge in [-0.1, -0.05) is 55.0 Å². The van der Waals surface area contributed by atoms with Crippen molar-refractivity contribution >= 4 is 16.8 Å². The van der Waals surface area contributed by atoms with Crippen LogP contribution in [-0.4, -0.2) is 40.1 Å². The van der Waals surface area contributed by atoms with Crippen molar-refractivity contribution in [1.82, 2.24) is 14.8 Å². The molecule has 2 heterocycles. The summed E-state index contributed by atoms with van der Waals surface area (Å²) in [6.07, 6.45) is 4.38. The van der Waals surface area contributed by atoms with Gasteiger partial charge in [-0.2, -0.15) is 0 Å². The van der Waals surface area contributed by atoms with E-state index in [0.29, 0.717) is 18.7 Å². The number of piperidine rings is 1.